The summed E-state index contributed by atoms with van der Waals surface area (Å²) in [5, 5.41) is 5.99. The predicted octanol–water partition coefficient (Wildman–Crippen LogP) is 4.08. The van der Waals surface area contributed by atoms with E-state index in [0.29, 0.717) is 29.2 Å². The van der Waals surface area contributed by atoms with Crippen LogP contribution in [0, 0.1) is 0 Å². The van der Waals surface area contributed by atoms with Gasteiger partial charge in [0.05, 0.1) is 18.9 Å². The van der Waals surface area contributed by atoms with Crippen molar-refractivity contribution in [1.29, 1.82) is 0 Å². The van der Waals surface area contributed by atoms with E-state index in [9.17, 15) is 9.59 Å². The molecule has 2 aromatic carbocycles. The molecule has 0 aliphatic carbocycles. The van der Waals surface area contributed by atoms with Crippen molar-refractivity contribution in [2.75, 3.05) is 7.11 Å². The molecule has 1 aliphatic heterocycles. The lowest BCUT2D eigenvalue weighted by molar-refractivity contribution is -0.132. The molecule has 0 fully saturated rings. The average molecular weight is 431 g/mol. The zero-order valence-corrected chi connectivity index (χ0v) is 16.8. The lowest BCUT2D eigenvalue weighted by atomic mass is 9.98. The second-order valence-corrected chi connectivity index (χ2v) is 7.05. The molecular formula is C20H19BrN2O4. The Morgan fingerprint density at radius 3 is 2.44 bits per heavy atom. The Hall–Kier alpha value is -2.67. The summed E-state index contributed by atoms with van der Waals surface area (Å²) < 4.78 is 11.5. The third-order valence-corrected chi connectivity index (χ3v) is 4.77. The molecule has 0 N–H and O–H groups in total. The van der Waals surface area contributed by atoms with Gasteiger partial charge in [-0.05, 0) is 29.8 Å². The first kappa shape index (κ1) is 19.1. The Bertz CT molecular complexity index is 909. The van der Waals surface area contributed by atoms with E-state index >= 15 is 0 Å². The maximum Gasteiger partial charge on any atom is 0.308 e. The molecule has 1 atom stereocenters. The highest BCUT2D eigenvalue weighted by Gasteiger charge is 2.32. The monoisotopic (exact) mass is 430 g/mol. The molecular weight excluding hydrogens is 412 g/mol. The predicted molar refractivity (Wildman–Crippen MR) is 105 cm³/mol. The molecule has 0 saturated heterocycles. The van der Waals surface area contributed by atoms with Crippen LogP contribution in [0.2, 0.25) is 0 Å². The molecule has 0 aromatic heterocycles. The van der Waals surface area contributed by atoms with Gasteiger partial charge < -0.3 is 9.47 Å². The number of ether oxygens (including phenoxy) is 2. The standard InChI is InChI=1S/C20H19BrN2O4/c1-12(24)23-19(14-4-6-15(21)7-5-14)11-18(22-23)17-9-8-16(26-3)10-20(17)27-13(2)25/h4-10,19H,11H2,1-3H3. The summed E-state index contributed by atoms with van der Waals surface area (Å²) in [6, 6.07) is 12.8. The van der Waals surface area contributed by atoms with Crippen LogP contribution in [0.1, 0.15) is 37.4 Å². The zero-order valence-electron chi connectivity index (χ0n) is 15.2. The van der Waals surface area contributed by atoms with Gasteiger partial charge in [-0.1, -0.05) is 28.1 Å². The summed E-state index contributed by atoms with van der Waals surface area (Å²) in [5.41, 5.74) is 2.32. The van der Waals surface area contributed by atoms with Gasteiger partial charge in [-0.3, -0.25) is 9.59 Å². The van der Waals surface area contributed by atoms with Crippen molar-refractivity contribution in [3.8, 4) is 11.5 Å². The highest BCUT2D eigenvalue weighted by Crippen LogP contribution is 2.36. The smallest absolute Gasteiger partial charge is 0.308 e. The summed E-state index contributed by atoms with van der Waals surface area (Å²) in [5.74, 6) is 0.346. The van der Waals surface area contributed by atoms with Crippen molar-refractivity contribution in [2.45, 2.75) is 26.3 Å². The van der Waals surface area contributed by atoms with Crippen molar-refractivity contribution < 1.29 is 19.1 Å². The Morgan fingerprint density at radius 1 is 1.15 bits per heavy atom. The Kier molecular flexibility index (Phi) is 5.60. The van der Waals surface area contributed by atoms with Crippen molar-refractivity contribution in [2.24, 2.45) is 5.10 Å². The number of carbonyl (C=O) groups is 2. The number of carbonyl (C=O) groups excluding carboxylic acids is 2. The van der Waals surface area contributed by atoms with Gasteiger partial charge in [0.1, 0.15) is 11.5 Å². The number of nitrogens with zero attached hydrogens (tertiary/aromatic N) is 2. The zero-order chi connectivity index (χ0) is 19.6. The molecule has 1 aliphatic rings. The Balaban J connectivity index is 1.99. The van der Waals surface area contributed by atoms with E-state index in [4.69, 9.17) is 9.47 Å². The fraction of sp³-hybridized carbons (Fsp3) is 0.250. The van der Waals surface area contributed by atoms with Gasteiger partial charge in [-0.2, -0.15) is 5.10 Å². The van der Waals surface area contributed by atoms with Crippen molar-refractivity contribution in [1.82, 2.24) is 5.01 Å². The number of hydrazone groups is 1. The number of esters is 1. The van der Waals surface area contributed by atoms with Crippen LogP contribution in [0.5, 0.6) is 11.5 Å². The first-order valence-corrected chi connectivity index (χ1v) is 9.18. The van der Waals surface area contributed by atoms with Gasteiger partial charge in [-0.15, -0.1) is 0 Å². The number of amides is 1. The van der Waals surface area contributed by atoms with Crippen molar-refractivity contribution in [3.05, 3.63) is 58.1 Å². The first-order chi connectivity index (χ1) is 12.9. The minimum Gasteiger partial charge on any atom is -0.497 e. The normalized spacial score (nSPS) is 16.1. The van der Waals surface area contributed by atoms with Crippen LogP contribution in [0.4, 0.5) is 0 Å². The summed E-state index contributed by atoms with van der Waals surface area (Å²) >= 11 is 3.42. The Morgan fingerprint density at radius 2 is 1.85 bits per heavy atom. The van der Waals surface area contributed by atoms with Crippen LogP contribution in [-0.4, -0.2) is 29.7 Å². The van der Waals surface area contributed by atoms with E-state index < -0.39 is 5.97 Å². The SMILES string of the molecule is COc1ccc(C2=NN(C(C)=O)C(c3ccc(Br)cc3)C2)c(OC(C)=O)c1. The molecule has 2 aromatic rings. The minimum absolute atomic E-state index is 0.152. The quantitative estimate of drug-likeness (QED) is 0.541. The third kappa shape index (κ3) is 4.19. The molecule has 0 radical (unpaired) electrons. The summed E-state index contributed by atoms with van der Waals surface area (Å²) in [6.45, 7) is 2.82. The molecule has 27 heavy (non-hydrogen) atoms. The third-order valence-electron chi connectivity index (χ3n) is 4.24. The molecule has 3 rings (SSSR count). The van der Waals surface area contributed by atoms with Crippen LogP contribution < -0.4 is 9.47 Å². The molecule has 7 heteroatoms. The number of hydrogen-bond donors (Lipinski definition) is 0. The van der Waals surface area contributed by atoms with Crippen LogP contribution in [0.3, 0.4) is 0 Å². The number of methoxy groups -OCH3 is 1. The van der Waals surface area contributed by atoms with Gasteiger partial charge in [-0.25, -0.2) is 5.01 Å². The van der Waals surface area contributed by atoms with Gasteiger partial charge >= 0.3 is 5.97 Å². The molecule has 1 amide bonds. The number of benzene rings is 2. The lowest BCUT2D eigenvalue weighted by Gasteiger charge is -2.20. The highest BCUT2D eigenvalue weighted by atomic mass is 79.9. The molecule has 1 unspecified atom stereocenters. The highest BCUT2D eigenvalue weighted by molar-refractivity contribution is 9.10. The fourth-order valence-corrected chi connectivity index (χ4v) is 3.28. The van der Waals surface area contributed by atoms with Crippen molar-refractivity contribution >= 4 is 33.5 Å². The number of halogens is 1. The van der Waals surface area contributed by atoms with Gasteiger partial charge in [0.15, 0.2) is 0 Å². The van der Waals surface area contributed by atoms with E-state index in [1.807, 2.05) is 24.3 Å². The van der Waals surface area contributed by atoms with Crippen LogP contribution in [0.25, 0.3) is 0 Å². The van der Waals surface area contributed by atoms with Crippen LogP contribution in [-0.2, 0) is 9.59 Å². The molecule has 0 saturated carbocycles. The maximum atomic E-state index is 12.1. The van der Waals surface area contributed by atoms with E-state index in [2.05, 4.69) is 21.0 Å². The van der Waals surface area contributed by atoms with Crippen LogP contribution >= 0.6 is 15.9 Å². The second-order valence-electron chi connectivity index (χ2n) is 6.14. The summed E-state index contributed by atoms with van der Waals surface area (Å²) in [4.78, 5) is 23.6. The van der Waals surface area contributed by atoms with Crippen molar-refractivity contribution in [3.63, 3.8) is 0 Å². The molecule has 140 valence electrons. The fourth-order valence-electron chi connectivity index (χ4n) is 3.02. The second kappa shape index (κ2) is 7.92. The van der Waals surface area contributed by atoms with Gasteiger partial charge in [0.25, 0.3) is 0 Å². The largest absolute Gasteiger partial charge is 0.497 e. The molecule has 6 nitrogen and oxygen atoms in total. The lowest BCUT2D eigenvalue weighted by Crippen LogP contribution is -2.24. The molecule has 0 bridgehead atoms. The Labute approximate surface area is 165 Å². The topological polar surface area (TPSA) is 68.2 Å². The van der Waals surface area contributed by atoms with Gasteiger partial charge in [0.2, 0.25) is 5.91 Å². The van der Waals surface area contributed by atoms with E-state index in [1.54, 1.807) is 25.3 Å². The summed E-state index contributed by atoms with van der Waals surface area (Å²) in [6.07, 6.45) is 0.516. The first-order valence-electron chi connectivity index (χ1n) is 8.38. The molecule has 1 heterocycles. The average Bonchev–Trinajstić information content (AvgIpc) is 3.07. The number of hydrogen-bond acceptors (Lipinski definition) is 5. The minimum atomic E-state index is -0.434. The maximum absolute atomic E-state index is 12.1. The van der Waals surface area contributed by atoms with E-state index in [0.717, 1.165) is 10.0 Å². The summed E-state index contributed by atoms with van der Waals surface area (Å²) in [7, 11) is 1.54. The van der Waals surface area contributed by atoms with Gasteiger partial charge in [0, 0.05) is 36.4 Å². The van der Waals surface area contributed by atoms with Crippen LogP contribution in [0.15, 0.2) is 52.0 Å². The van der Waals surface area contributed by atoms with E-state index in [-0.39, 0.29) is 11.9 Å². The van der Waals surface area contributed by atoms with E-state index in [1.165, 1.54) is 18.9 Å². The molecule has 0 spiro atoms. The number of rotatable bonds is 4.